The molecular formula is C50H53F6N15O8. The van der Waals surface area contributed by atoms with Crippen molar-refractivity contribution < 1.29 is 65.9 Å². The Morgan fingerprint density at radius 1 is 0.608 bits per heavy atom. The van der Waals surface area contributed by atoms with Crippen molar-refractivity contribution >= 4 is 29.3 Å². The van der Waals surface area contributed by atoms with Crippen LogP contribution in [0.2, 0.25) is 0 Å². The number of nitrogens with zero attached hydrogens (tertiary/aromatic N) is 8. The summed E-state index contributed by atoms with van der Waals surface area (Å²) in [6.07, 6.45) is -4.10. The number of hydroxylamine groups is 2. The number of aromatic nitrogens is 6. The molecular weight excluding hydrogens is 1050 g/mol. The van der Waals surface area contributed by atoms with Crippen molar-refractivity contribution in [2.24, 2.45) is 9.98 Å². The summed E-state index contributed by atoms with van der Waals surface area (Å²) in [5, 5.41) is 45.4. The fraction of sp³-hybridized carbons (Fsp3) is 0.360. The minimum Gasteiger partial charge on any atom is -0.481 e. The molecule has 0 saturated carbocycles. The van der Waals surface area contributed by atoms with Crippen LogP contribution in [0.5, 0.6) is 11.8 Å². The first kappa shape index (κ1) is 55.8. The van der Waals surface area contributed by atoms with Crippen LogP contribution in [0.15, 0.2) is 76.7 Å². The summed E-state index contributed by atoms with van der Waals surface area (Å²) in [6.45, 7) is 3.02. The zero-order chi connectivity index (χ0) is 56.7. The van der Waals surface area contributed by atoms with Gasteiger partial charge in [0.05, 0.1) is 104 Å². The lowest BCUT2D eigenvalue weighted by molar-refractivity contribution is -0.0400. The fourth-order valence-corrected chi connectivity index (χ4v) is 9.43. The minimum atomic E-state index is -3.72. The van der Waals surface area contributed by atoms with Gasteiger partial charge < -0.3 is 57.7 Å². The number of fused-ring (bicyclic) bond motifs is 2. The molecule has 6 unspecified atom stereocenters. The molecule has 4 aromatic heterocycles. The van der Waals surface area contributed by atoms with Gasteiger partial charge >= 0.3 is 11.8 Å². The number of aryl methyl sites for hydroxylation is 2. The number of nitrogen functional groups attached to an aromatic ring is 3. The third kappa shape index (κ3) is 11.1. The van der Waals surface area contributed by atoms with Gasteiger partial charge in [-0.1, -0.05) is 18.2 Å². The van der Waals surface area contributed by atoms with Crippen LogP contribution in [-0.2, 0) is 21.5 Å². The van der Waals surface area contributed by atoms with Crippen molar-refractivity contribution in [3.8, 4) is 34.3 Å². The van der Waals surface area contributed by atoms with Crippen LogP contribution < -0.4 is 48.3 Å². The number of nitrogens with two attached hydrogens (primary N) is 3. The van der Waals surface area contributed by atoms with E-state index in [0.29, 0.717) is 0 Å². The van der Waals surface area contributed by atoms with Crippen molar-refractivity contribution in [1.29, 1.82) is 0 Å². The van der Waals surface area contributed by atoms with Gasteiger partial charge in [-0.2, -0.15) is 17.6 Å². The Kier molecular flexibility index (Phi) is 15.9. The molecule has 0 aliphatic carbocycles. The molecule has 4 aliphatic rings. The van der Waals surface area contributed by atoms with Crippen LogP contribution in [0.3, 0.4) is 0 Å². The van der Waals surface area contributed by atoms with Crippen LogP contribution in [0, 0.1) is 25.5 Å². The highest BCUT2D eigenvalue weighted by Crippen LogP contribution is 2.51. The van der Waals surface area contributed by atoms with Crippen molar-refractivity contribution in [1.82, 2.24) is 51.5 Å². The molecule has 14 N–H and O–H groups in total. The quantitative estimate of drug-likeness (QED) is 0.0619. The molecule has 2 fully saturated rings. The van der Waals surface area contributed by atoms with E-state index in [2.05, 4.69) is 61.5 Å². The number of anilines is 3. The Bertz CT molecular complexity index is 3330. The lowest BCUT2D eigenvalue weighted by Crippen LogP contribution is -2.42. The summed E-state index contributed by atoms with van der Waals surface area (Å²) in [5.74, 6) is -9.47. The van der Waals surface area contributed by atoms with Gasteiger partial charge in [0.25, 0.3) is 0 Å². The van der Waals surface area contributed by atoms with Gasteiger partial charge in [-0.15, -0.1) is 0 Å². The zero-order valence-electron chi connectivity index (χ0n) is 42.3. The Labute approximate surface area is 445 Å². The van der Waals surface area contributed by atoms with E-state index in [-0.39, 0.29) is 123 Å². The monoisotopic (exact) mass is 1110 g/mol. The lowest BCUT2D eigenvalue weighted by atomic mass is 9.88. The van der Waals surface area contributed by atoms with E-state index < -0.39 is 83.5 Å². The molecule has 79 heavy (non-hydrogen) atoms. The molecule has 6 aromatic rings. The molecule has 2 aromatic carbocycles. The smallest absolute Gasteiger partial charge is 0.316 e. The Morgan fingerprint density at radius 3 is 1.51 bits per heavy atom. The highest BCUT2D eigenvalue weighted by Gasteiger charge is 2.53. The first-order chi connectivity index (χ1) is 37.6. The summed E-state index contributed by atoms with van der Waals surface area (Å²) in [5.41, 5.74) is 21.7. The maximum atomic E-state index is 16.2. The van der Waals surface area contributed by atoms with E-state index in [1.807, 2.05) is 0 Å². The number of aliphatic imine (C=N–C) groups is 2. The van der Waals surface area contributed by atoms with Crippen LogP contribution in [0.1, 0.15) is 57.1 Å². The summed E-state index contributed by atoms with van der Waals surface area (Å²) in [7, 11) is 2.75. The Balaban J connectivity index is 0.000000192. The molecule has 8 atom stereocenters. The Hall–Kier alpha value is -7.90. The second-order valence-corrected chi connectivity index (χ2v) is 18.6. The predicted molar refractivity (Wildman–Crippen MR) is 271 cm³/mol. The van der Waals surface area contributed by atoms with Gasteiger partial charge in [-0.05, 0) is 67.4 Å². The van der Waals surface area contributed by atoms with E-state index in [4.69, 9.17) is 36.3 Å². The van der Waals surface area contributed by atoms with Gasteiger partial charge in [0.1, 0.15) is 35.1 Å². The third-order valence-electron chi connectivity index (χ3n) is 13.4. The molecule has 29 heteroatoms. The fourth-order valence-electron chi connectivity index (χ4n) is 9.43. The zero-order valence-corrected chi connectivity index (χ0v) is 42.3. The molecule has 10 rings (SSSR count). The van der Waals surface area contributed by atoms with Crippen molar-refractivity contribution in [2.75, 3.05) is 57.7 Å². The van der Waals surface area contributed by atoms with Gasteiger partial charge in [0.2, 0.25) is 23.7 Å². The van der Waals surface area contributed by atoms with Crippen LogP contribution >= 0.6 is 0 Å². The highest BCUT2D eigenvalue weighted by molar-refractivity contribution is 6.02. The van der Waals surface area contributed by atoms with E-state index in [9.17, 15) is 29.2 Å². The number of rotatable bonds is 12. The molecule has 0 bridgehead atoms. The minimum absolute atomic E-state index is 0.0291. The summed E-state index contributed by atoms with van der Waals surface area (Å²) in [4.78, 5) is 43.8. The number of aliphatic hydroxyl groups excluding tert-OH is 4. The predicted octanol–water partition coefficient (Wildman–Crippen LogP) is 2.35. The summed E-state index contributed by atoms with van der Waals surface area (Å²) >= 11 is 0. The van der Waals surface area contributed by atoms with Gasteiger partial charge in [0, 0.05) is 30.3 Å². The maximum Gasteiger partial charge on any atom is 0.316 e. The number of nitrogens with one attached hydrogen (secondary N) is 4. The summed E-state index contributed by atoms with van der Waals surface area (Å²) < 4.78 is 104. The number of aliphatic hydroxyl groups is 4. The standard InChI is InChI=1S/C25H27F3N8O4.C25H26F3N7O4/c1-10-18-21(35-24(30)32-10)25(27,28)20(34-22(18)36-40-9-16-19(38)17(37)8-31-16)12-4-3-11(26)7-13(12)15-6-5-14(29)23(33-15)39-2;1-11-19-22(34-24(29)31-11)25(27,28)21(33-23(19)35-39-10-16-20(37)17(36)9-30-16)13-7-6-12(26)8-14(13)15-4-3-5-18(32-15)38-2/h3-7,16-17,19-20,31,37-38H,8-9,29H2,1-2H3,(H,34,36)(H2,30,32,35);3-8,16-17,20-21,30,36-37H,9-10H2,1-2H3,(H,33,35)(H2,29,31,34)/t16?,17?,19?,20-;16?,17?,20?,21-/m00/s1. The molecule has 2 saturated heterocycles. The summed E-state index contributed by atoms with van der Waals surface area (Å²) in [6, 6.07) is 9.27. The second-order valence-electron chi connectivity index (χ2n) is 18.6. The van der Waals surface area contributed by atoms with E-state index in [1.54, 1.807) is 18.2 Å². The first-order valence-corrected chi connectivity index (χ1v) is 24.2. The van der Waals surface area contributed by atoms with E-state index >= 15 is 17.6 Å². The normalized spacial score (nSPS) is 23.6. The van der Waals surface area contributed by atoms with Crippen molar-refractivity contribution in [2.45, 2.75) is 74.3 Å². The third-order valence-corrected chi connectivity index (χ3v) is 13.4. The number of methoxy groups -OCH3 is 2. The van der Waals surface area contributed by atoms with Crippen molar-refractivity contribution in [3.05, 3.63) is 123 Å². The number of pyridine rings is 2. The highest BCUT2D eigenvalue weighted by atomic mass is 19.3. The number of halogens is 6. The molecule has 8 heterocycles. The molecule has 0 spiro atoms. The van der Waals surface area contributed by atoms with E-state index in [0.717, 1.165) is 24.3 Å². The van der Waals surface area contributed by atoms with Gasteiger partial charge in [0.15, 0.2) is 11.7 Å². The number of alkyl halides is 4. The largest absolute Gasteiger partial charge is 0.481 e. The molecule has 4 aliphatic heterocycles. The SMILES string of the molecule is COc1cccc(-c2cc(F)ccc2[C@@H]2N=C(NOCC3NCC(O)C3O)c3c(C)nc(N)nc3C2(F)F)n1.COc1nc(-c2cc(F)ccc2[C@@H]2N=C(NOCC3NCC(O)C3O)c3c(C)nc(N)nc3C2(F)F)ccc1N. The molecule has 0 radical (unpaired) electrons. The van der Waals surface area contributed by atoms with Crippen molar-refractivity contribution in [3.63, 3.8) is 0 Å². The number of β-amino-alcohol motifs (C(OH)–C–C–N with tert-alkyl or cyclic N) is 2. The number of hydrogen-bond acceptors (Lipinski definition) is 23. The molecule has 418 valence electrons. The van der Waals surface area contributed by atoms with Crippen LogP contribution in [0.4, 0.5) is 43.9 Å². The lowest BCUT2D eigenvalue weighted by Gasteiger charge is -2.32. The molecule has 23 nitrogen and oxygen atoms in total. The number of benzene rings is 2. The van der Waals surface area contributed by atoms with Gasteiger partial charge in [-0.25, -0.2) is 49.6 Å². The number of hydrogen-bond donors (Lipinski definition) is 11. The number of ether oxygens (including phenoxy) is 2. The Morgan fingerprint density at radius 2 is 1.08 bits per heavy atom. The van der Waals surface area contributed by atoms with Crippen LogP contribution in [-0.4, -0.2) is 139 Å². The van der Waals surface area contributed by atoms with Crippen LogP contribution in [0.25, 0.3) is 22.5 Å². The first-order valence-electron chi connectivity index (χ1n) is 24.2. The second kappa shape index (κ2) is 22.5. The van der Waals surface area contributed by atoms with E-state index in [1.165, 1.54) is 52.3 Å². The average Bonchev–Trinajstić information content (AvgIpc) is 3.97. The topological polar surface area (TPSA) is 346 Å². The number of amidine groups is 2. The van der Waals surface area contributed by atoms with Gasteiger partial charge in [-0.3, -0.25) is 19.7 Å². The average molecular weight is 1110 g/mol. The maximum absolute atomic E-state index is 16.2. The molecule has 0 amide bonds.